The van der Waals surface area contributed by atoms with Crippen molar-refractivity contribution in [2.75, 3.05) is 6.26 Å². The molecule has 0 spiro atoms. The van der Waals surface area contributed by atoms with Crippen molar-refractivity contribution in [1.29, 1.82) is 0 Å². The molecule has 2 atom stereocenters. The van der Waals surface area contributed by atoms with Crippen LogP contribution in [0.15, 0.2) is 24.3 Å². The Balaban J connectivity index is 2.53. The highest BCUT2D eigenvalue weighted by Gasteiger charge is 2.48. The van der Waals surface area contributed by atoms with Crippen LogP contribution in [0.1, 0.15) is 30.4 Å². The summed E-state index contributed by atoms with van der Waals surface area (Å²) >= 11 is 0. The van der Waals surface area contributed by atoms with Crippen LogP contribution in [0, 0.1) is 6.92 Å². The van der Waals surface area contributed by atoms with E-state index in [2.05, 4.69) is 0 Å². The van der Waals surface area contributed by atoms with Crippen molar-refractivity contribution in [2.24, 2.45) is 0 Å². The predicted octanol–water partition coefficient (Wildman–Crippen LogP) is 1.78. The first-order chi connectivity index (χ1) is 7.86. The number of benzene rings is 1. The van der Waals surface area contributed by atoms with E-state index in [0.29, 0.717) is 12.8 Å². The van der Waals surface area contributed by atoms with Crippen LogP contribution in [0.2, 0.25) is 0 Å². The summed E-state index contributed by atoms with van der Waals surface area (Å²) < 4.78 is 23.5. The average Bonchev–Trinajstić information content (AvgIpc) is 2.61. The van der Waals surface area contributed by atoms with E-state index >= 15 is 0 Å². The van der Waals surface area contributed by atoms with Crippen LogP contribution >= 0.6 is 0 Å². The highest BCUT2D eigenvalue weighted by atomic mass is 32.2. The molecule has 4 heteroatoms. The van der Waals surface area contributed by atoms with E-state index in [1.54, 1.807) is 0 Å². The maximum atomic E-state index is 11.8. The summed E-state index contributed by atoms with van der Waals surface area (Å²) in [6.45, 7) is 1.91. The van der Waals surface area contributed by atoms with Gasteiger partial charge >= 0.3 is 0 Å². The standard InChI is InChI=1S/C13H18O3S/c1-10-6-3-4-7-11(10)13(14)9-5-8-12(13)17(2,15)16/h3-4,6-7,12,14H,5,8-9H2,1-2H3. The van der Waals surface area contributed by atoms with Gasteiger partial charge in [0.2, 0.25) is 0 Å². The Kier molecular flexibility index (Phi) is 3.04. The molecule has 94 valence electrons. The molecule has 0 bridgehead atoms. The maximum absolute atomic E-state index is 11.8. The third-order valence-electron chi connectivity index (χ3n) is 3.69. The predicted molar refractivity (Wildman–Crippen MR) is 67.6 cm³/mol. The summed E-state index contributed by atoms with van der Waals surface area (Å²) in [7, 11) is -3.23. The molecule has 0 radical (unpaired) electrons. The number of aliphatic hydroxyl groups is 1. The molecular formula is C13H18O3S. The first kappa shape index (κ1) is 12.6. The fourth-order valence-corrected chi connectivity index (χ4v) is 4.44. The van der Waals surface area contributed by atoms with Gasteiger partial charge in [-0.3, -0.25) is 0 Å². The summed E-state index contributed by atoms with van der Waals surface area (Å²) in [6, 6.07) is 7.48. The van der Waals surface area contributed by atoms with Crippen molar-refractivity contribution >= 4 is 9.84 Å². The van der Waals surface area contributed by atoms with E-state index in [-0.39, 0.29) is 0 Å². The lowest BCUT2D eigenvalue weighted by atomic mass is 9.88. The quantitative estimate of drug-likeness (QED) is 0.875. The SMILES string of the molecule is Cc1ccccc1C1(O)CCCC1S(C)(=O)=O. The van der Waals surface area contributed by atoms with Crippen LogP contribution in [-0.4, -0.2) is 25.0 Å². The molecule has 2 rings (SSSR count). The Morgan fingerprint density at radius 2 is 2.00 bits per heavy atom. The van der Waals surface area contributed by atoms with E-state index in [1.807, 2.05) is 31.2 Å². The summed E-state index contributed by atoms with van der Waals surface area (Å²) in [6.07, 6.45) is 3.04. The lowest BCUT2D eigenvalue weighted by molar-refractivity contribution is 0.0471. The number of hydrogen-bond acceptors (Lipinski definition) is 3. The third kappa shape index (κ3) is 2.11. The molecule has 1 aliphatic rings. The molecule has 17 heavy (non-hydrogen) atoms. The minimum absolute atomic E-state index is 0.523. The molecule has 3 nitrogen and oxygen atoms in total. The molecule has 1 saturated carbocycles. The molecule has 1 N–H and O–H groups in total. The van der Waals surface area contributed by atoms with Gasteiger partial charge in [-0.15, -0.1) is 0 Å². The van der Waals surface area contributed by atoms with Gasteiger partial charge in [0.1, 0.15) is 5.60 Å². The minimum Gasteiger partial charge on any atom is -0.384 e. The first-order valence-corrected chi connectivity index (χ1v) is 7.78. The van der Waals surface area contributed by atoms with Crippen LogP contribution in [0.25, 0.3) is 0 Å². The number of sulfone groups is 1. The molecule has 0 saturated heterocycles. The highest BCUT2D eigenvalue weighted by molar-refractivity contribution is 7.91. The van der Waals surface area contributed by atoms with Crippen LogP contribution in [-0.2, 0) is 15.4 Å². The van der Waals surface area contributed by atoms with Crippen molar-refractivity contribution < 1.29 is 13.5 Å². The lowest BCUT2D eigenvalue weighted by Crippen LogP contribution is -2.40. The molecule has 1 aliphatic carbocycles. The van der Waals surface area contributed by atoms with Crippen LogP contribution in [0.5, 0.6) is 0 Å². The van der Waals surface area contributed by atoms with Crippen molar-refractivity contribution in [2.45, 2.75) is 37.0 Å². The molecule has 0 aromatic heterocycles. The van der Waals surface area contributed by atoms with Gasteiger partial charge in [0.25, 0.3) is 0 Å². The fourth-order valence-electron chi connectivity index (χ4n) is 2.89. The second-order valence-electron chi connectivity index (χ2n) is 4.95. The molecule has 2 unspecified atom stereocenters. The van der Waals surface area contributed by atoms with E-state index in [4.69, 9.17) is 0 Å². The Hall–Kier alpha value is -0.870. The second kappa shape index (κ2) is 4.10. The molecule has 0 heterocycles. The zero-order valence-corrected chi connectivity index (χ0v) is 11.0. The van der Waals surface area contributed by atoms with Gasteiger partial charge in [-0.1, -0.05) is 24.3 Å². The maximum Gasteiger partial charge on any atom is 0.153 e. The van der Waals surface area contributed by atoms with Crippen molar-refractivity contribution in [3.63, 3.8) is 0 Å². The van der Waals surface area contributed by atoms with E-state index < -0.39 is 20.7 Å². The zero-order valence-electron chi connectivity index (χ0n) is 10.2. The van der Waals surface area contributed by atoms with E-state index in [9.17, 15) is 13.5 Å². The van der Waals surface area contributed by atoms with Crippen LogP contribution in [0.3, 0.4) is 0 Å². The Morgan fingerprint density at radius 3 is 2.59 bits per heavy atom. The third-order valence-corrected chi connectivity index (χ3v) is 5.34. The average molecular weight is 254 g/mol. The Bertz CT molecular complexity index is 521. The fraction of sp³-hybridized carbons (Fsp3) is 0.538. The van der Waals surface area contributed by atoms with Gasteiger partial charge in [-0.25, -0.2) is 8.42 Å². The molecule has 0 amide bonds. The van der Waals surface area contributed by atoms with Gasteiger partial charge in [0, 0.05) is 6.26 Å². The Morgan fingerprint density at radius 1 is 1.35 bits per heavy atom. The number of aryl methyl sites for hydroxylation is 1. The summed E-state index contributed by atoms with van der Waals surface area (Å²) in [4.78, 5) is 0. The van der Waals surface area contributed by atoms with E-state index in [0.717, 1.165) is 17.5 Å². The highest BCUT2D eigenvalue weighted by Crippen LogP contribution is 2.43. The van der Waals surface area contributed by atoms with Gasteiger partial charge < -0.3 is 5.11 Å². The van der Waals surface area contributed by atoms with Crippen molar-refractivity contribution in [1.82, 2.24) is 0 Å². The van der Waals surface area contributed by atoms with E-state index in [1.165, 1.54) is 6.26 Å². The Labute approximate surface area is 102 Å². The van der Waals surface area contributed by atoms with Gasteiger partial charge in [-0.05, 0) is 37.3 Å². The first-order valence-electron chi connectivity index (χ1n) is 5.83. The summed E-state index contributed by atoms with van der Waals surface area (Å²) in [5.74, 6) is 0. The number of rotatable bonds is 2. The molecule has 0 aliphatic heterocycles. The molecule has 1 fully saturated rings. The molecule has 1 aromatic rings. The zero-order chi connectivity index (χ0) is 12.7. The largest absolute Gasteiger partial charge is 0.384 e. The van der Waals surface area contributed by atoms with Crippen LogP contribution in [0.4, 0.5) is 0 Å². The molecule has 1 aromatic carbocycles. The summed E-state index contributed by atoms with van der Waals surface area (Å²) in [5.41, 5.74) is 0.498. The monoisotopic (exact) mass is 254 g/mol. The second-order valence-corrected chi connectivity index (χ2v) is 7.18. The van der Waals surface area contributed by atoms with Gasteiger partial charge in [0.05, 0.1) is 5.25 Å². The summed E-state index contributed by atoms with van der Waals surface area (Å²) in [5, 5.41) is 10.1. The van der Waals surface area contributed by atoms with Gasteiger partial charge in [0.15, 0.2) is 9.84 Å². The molecular weight excluding hydrogens is 236 g/mol. The smallest absolute Gasteiger partial charge is 0.153 e. The van der Waals surface area contributed by atoms with Crippen LogP contribution < -0.4 is 0 Å². The van der Waals surface area contributed by atoms with Crippen molar-refractivity contribution in [3.05, 3.63) is 35.4 Å². The van der Waals surface area contributed by atoms with Gasteiger partial charge in [-0.2, -0.15) is 0 Å². The lowest BCUT2D eigenvalue weighted by Gasteiger charge is -2.30. The number of hydrogen-bond donors (Lipinski definition) is 1. The van der Waals surface area contributed by atoms with Crippen molar-refractivity contribution in [3.8, 4) is 0 Å². The topological polar surface area (TPSA) is 54.4 Å². The normalized spacial score (nSPS) is 29.5. The minimum atomic E-state index is -3.23.